The molecule has 6 heteroatoms. The summed E-state index contributed by atoms with van der Waals surface area (Å²) in [6, 6.07) is 9.52. The minimum atomic E-state index is -0.211. The molecule has 1 amide bonds. The normalized spacial score (nSPS) is 12.5. The first-order valence-electron chi connectivity index (χ1n) is 6.79. The van der Waals surface area contributed by atoms with Crippen LogP contribution in [-0.2, 0) is 6.42 Å². The molecule has 0 fully saturated rings. The van der Waals surface area contributed by atoms with E-state index >= 15 is 0 Å². The number of carbonyl (C=O) groups excluding carboxylic acids is 1. The highest BCUT2D eigenvalue weighted by Crippen LogP contribution is 2.24. The van der Waals surface area contributed by atoms with Gasteiger partial charge in [0, 0.05) is 5.39 Å². The Bertz CT molecular complexity index is 745. The predicted octanol–water partition coefficient (Wildman–Crippen LogP) is 3.34. The van der Waals surface area contributed by atoms with Crippen molar-refractivity contribution in [3.8, 4) is 0 Å². The molecule has 0 spiro atoms. The van der Waals surface area contributed by atoms with Crippen LogP contribution in [0.4, 0.5) is 0 Å². The Hall–Kier alpha value is -2.21. The maximum Gasteiger partial charge on any atom is 0.265 e. The fourth-order valence-electron chi connectivity index (χ4n) is 2.16. The van der Waals surface area contributed by atoms with E-state index in [0.29, 0.717) is 11.3 Å². The maximum absolute atomic E-state index is 12.3. The summed E-state index contributed by atoms with van der Waals surface area (Å²) in [6.07, 6.45) is 0.693. The van der Waals surface area contributed by atoms with Crippen molar-refractivity contribution in [2.75, 3.05) is 0 Å². The molecular weight excluding hydrogens is 286 g/mol. The molecule has 0 aliphatic rings. The van der Waals surface area contributed by atoms with Gasteiger partial charge in [-0.1, -0.05) is 29.6 Å². The van der Waals surface area contributed by atoms with Crippen molar-refractivity contribution in [2.24, 2.45) is 0 Å². The molecule has 0 aliphatic carbocycles. The molecule has 1 aromatic carbocycles. The predicted molar refractivity (Wildman–Crippen MR) is 81.4 cm³/mol. The van der Waals surface area contributed by atoms with E-state index in [-0.39, 0.29) is 11.9 Å². The van der Waals surface area contributed by atoms with Crippen molar-refractivity contribution in [2.45, 2.75) is 26.3 Å². The van der Waals surface area contributed by atoms with E-state index in [1.54, 1.807) is 0 Å². The maximum atomic E-state index is 12.3. The van der Waals surface area contributed by atoms with Gasteiger partial charge in [-0.25, -0.2) is 0 Å². The van der Waals surface area contributed by atoms with Crippen LogP contribution in [0, 0.1) is 0 Å². The number of rotatable bonds is 4. The van der Waals surface area contributed by atoms with E-state index in [1.807, 2.05) is 44.2 Å². The Balaban J connectivity index is 1.79. The standard InChI is InChI=1S/C15H15N3O2S/c1-3-11-14(21-18-17-11)15(19)16-9(2)13-8-10-6-4-5-7-12(10)20-13/h4-9H,3H2,1-2H3,(H,16,19). The van der Waals surface area contributed by atoms with Gasteiger partial charge in [0.2, 0.25) is 0 Å². The number of aryl methyl sites for hydroxylation is 1. The van der Waals surface area contributed by atoms with Gasteiger partial charge in [0.1, 0.15) is 16.2 Å². The molecule has 108 valence electrons. The van der Waals surface area contributed by atoms with E-state index in [2.05, 4.69) is 14.9 Å². The zero-order valence-electron chi connectivity index (χ0n) is 11.8. The average molecular weight is 301 g/mol. The van der Waals surface area contributed by atoms with Gasteiger partial charge in [-0.15, -0.1) is 5.10 Å². The number of fused-ring (bicyclic) bond motifs is 1. The van der Waals surface area contributed by atoms with Gasteiger partial charge in [-0.05, 0) is 37.0 Å². The van der Waals surface area contributed by atoms with E-state index in [1.165, 1.54) is 0 Å². The Morgan fingerprint density at radius 1 is 1.43 bits per heavy atom. The molecular formula is C15H15N3O2S. The zero-order valence-corrected chi connectivity index (χ0v) is 12.6. The van der Waals surface area contributed by atoms with Gasteiger partial charge < -0.3 is 9.73 Å². The second-order valence-electron chi connectivity index (χ2n) is 4.78. The van der Waals surface area contributed by atoms with Crippen molar-refractivity contribution in [3.05, 3.63) is 46.7 Å². The second-order valence-corrected chi connectivity index (χ2v) is 5.54. The fourth-order valence-corrected chi connectivity index (χ4v) is 2.81. The minimum absolute atomic E-state index is 0.158. The summed E-state index contributed by atoms with van der Waals surface area (Å²) < 4.78 is 9.60. The SMILES string of the molecule is CCc1nnsc1C(=O)NC(C)c1cc2ccccc2o1. The molecule has 3 rings (SSSR count). The van der Waals surface area contributed by atoms with Gasteiger partial charge in [0.15, 0.2) is 0 Å². The fraction of sp³-hybridized carbons (Fsp3) is 0.267. The average Bonchev–Trinajstić information content (AvgIpc) is 3.13. The van der Waals surface area contributed by atoms with Gasteiger partial charge in [0.25, 0.3) is 5.91 Å². The molecule has 21 heavy (non-hydrogen) atoms. The third-order valence-corrected chi connectivity index (χ3v) is 4.08. The summed E-state index contributed by atoms with van der Waals surface area (Å²) in [5, 5.41) is 7.92. The van der Waals surface area contributed by atoms with Crippen LogP contribution in [-0.4, -0.2) is 15.5 Å². The molecule has 0 radical (unpaired) electrons. The van der Waals surface area contributed by atoms with E-state index in [0.717, 1.165) is 34.0 Å². The molecule has 1 unspecified atom stereocenters. The molecule has 3 aromatic rings. The number of aromatic nitrogens is 2. The number of nitrogens with one attached hydrogen (secondary N) is 1. The summed E-state index contributed by atoms with van der Waals surface area (Å²) in [5.41, 5.74) is 1.55. The largest absolute Gasteiger partial charge is 0.459 e. The quantitative estimate of drug-likeness (QED) is 0.802. The zero-order chi connectivity index (χ0) is 14.8. The Morgan fingerprint density at radius 2 is 2.24 bits per heavy atom. The number of benzene rings is 1. The van der Waals surface area contributed by atoms with Crippen LogP contribution < -0.4 is 5.32 Å². The number of para-hydroxylation sites is 1. The summed E-state index contributed by atoms with van der Waals surface area (Å²) in [6.45, 7) is 3.85. The van der Waals surface area contributed by atoms with Crippen LogP contribution in [0.5, 0.6) is 0 Å². The number of hydrogen-bond donors (Lipinski definition) is 1. The van der Waals surface area contributed by atoms with Crippen LogP contribution in [0.2, 0.25) is 0 Å². The third-order valence-electron chi connectivity index (χ3n) is 3.32. The van der Waals surface area contributed by atoms with Gasteiger partial charge >= 0.3 is 0 Å². The number of carbonyl (C=O) groups is 1. The molecule has 0 saturated heterocycles. The van der Waals surface area contributed by atoms with Crippen molar-refractivity contribution >= 4 is 28.4 Å². The lowest BCUT2D eigenvalue weighted by molar-refractivity contribution is 0.0938. The topological polar surface area (TPSA) is 68.0 Å². The van der Waals surface area contributed by atoms with E-state index in [9.17, 15) is 4.79 Å². The molecule has 0 saturated carbocycles. The lowest BCUT2D eigenvalue weighted by atomic mass is 10.2. The lowest BCUT2D eigenvalue weighted by Gasteiger charge is -2.10. The van der Waals surface area contributed by atoms with Crippen molar-refractivity contribution in [3.63, 3.8) is 0 Å². The van der Waals surface area contributed by atoms with E-state index in [4.69, 9.17) is 4.42 Å². The molecule has 1 N–H and O–H groups in total. The second kappa shape index (κ2) is 5.65. The number of hydrogen-bond acceptors (Lipinski definition) is 5. The Kier molecular flexibility index (Phi) is 3.70. The smallest absolute Gasteiger partial charge is 0.265 e. The minimum Gasteiger partial charge on any atom is -0.459 e. The first kappa shape index (κ1) is 13.8. The molecule has 1 atom stereocenters. The first-order chi connectivity index (χ1) is 10.2. The molecule has 2 aromatic heterocycles. The monoisotopic (exact) mass is 301 g/mol. The van der Waals surface area contributed by atoms with Crippen LogP contribution in [0.25, 0.3) is 11.0 Å². The van der Waals surface area contributed by atoms with Crippen LogP contribution in [0.15, 0.2) is 34.7 Å². The van der Waals surface area contributed by atoms with Crippen LogP contribution in [0.1, 0.15) is 41.0 Å². The number of furan rings is 1. The summed E-state index contributed by atoms with van der Waals surface area (Å²) in [5.74, 6) is 0.579. The lowest BCUT2D eigenvalue weighted by Crippen LogP contribution is -2.26. The highest BCUT2D eigenvalue weighted by Gasteiger charge is 2.19. The van der Waals surface area contributed by atoms with Gasteiger partial charge in [0.05, 0.1) is 11.7 Å². The summed E-state index contributed by atoms with van der Waals surface area (Å²) >= 11 is 1.12. The van der Waals surface area contributed by atoms with Crippen molar-refractivity contribution in [1.82, 2.24) is 14.9 Å². The molecule has 5 nitrogen and oxygen atoms in total. The number of amides is 1. The first-order valence-corrected chi connectivity index (χ1v) is 7.57. The Morgan fingerprint density at radius 3 is 3.00 bits per heavy atom. The summed E-state index contributed by atoms with van der Waals surface area (Å²) in [7, 11) is 0. The van der Waals surface area contributed by atoms with Crippen molar-refractivity contribution in [1.29, 1.82) is 0 Å². The van der Waals surface area contributed by atoms with Crippen molar-refractivity contribution < 1.29 is 9.21 Å². The van der Waals surface area contributed by atoms with Gasteiger partial charge in [-0.2, -0.15) is 0 Å². The van der Waals surface area contributed by atoms with Crippen LogP contribution in [0.3, 0.4) is 0 Å². The number of nitrogens with zero attached hydrogens (tertiary/aromatic N) is 2. The highest BCUT2D eigenvalue weighted by atomic mass is 32.1. The molecule has 0 bridgehead atoms. The molecule has 0 aliphatic heterocycles. The third kappa shape index (κ3) is 2.67. The summed E-state index contributed by atoms with van der Waals surface area (Å²) in [4.78, 5) is 12.8. The highest BCUT2D eigenvalue weighted by molar-refractivity contribution is 7.08. The van der Waals surface area contributed by atoms with E-state index < -0.39 is 0 Å². The molecule has 2 heterocycles. The van der Waals surface area contributed by atoms with Gasteiger partial charge in [-0.3, -0.25) is 4.79 Å². The Labute approximate surface area is 126 Å². The van der Waals surface area contributed by atoms with Crippen LogP contribution >= 0.6 is 11.5 Å².